The van der Waals surface area contributed by atoms with Gasteiger partial charge in [-0.15, -0.1) is 0 Å². The summed E-state index contributed by atoms with van der Waals surface area (Å²) in [6, 6.07) is 0. The minimum atomic E-state index is 0. The largest absolute Gasteiger partial charge is 0 e. The Labute approximate surface area is 79.2 Å². The van der Waals surface area contributed by atoms with Crippen LogP contribution in [0.15, 0.2) is 0 Å². The Kier molecular flexibility index (Phi) is 135. The van der Waals surface area contributed by atoms with E-state index < -0.39 is 0 Å². The summed E-state index contributed by atoms with van der Waals surface area (Å²) in [5, 5.41) is 0. The Morgan fingerprint density at radius 2 is 1.00 bits per heavy atom. The Balaban J connectivity index is 0. The summed E-state index contributed by atoms with van der Waals surface area (Å²) >= 11 is 0. The molecule has 0 atom stereocenters. The second-order valence-electron chi connectivity index (χ2n) is 0. The van der Waals surface area contributed by atoms with Crippen LogP contribution < -0.4 is 0 Å². The van der Waals surface area contributed by atoms with Gasteiger partial charge in [-0.1, -0.05) is 0 Å². The first kappa shape index (κ1) is 30.7. The first-order valence-corrected chi connectivity index (χ1v) is 0. The molecule has 0 aromatic carbocycles. The van der Waals surface area contributed by atoms with Crippen molar-refractivity contribution >= 4 is 0 Å². The molecule has 0 rings (SSSR count). The van der Waals surface area contributed by atoms with Crippen molar-refractivity contribution in [2.45, 2.75) is 0 Å². The Morgan fingerprint density at radius 1 is 1.00 bits per heavy atom. The van der Waals surface area contributed by atoms with Gasteiger partial charge in [0.2, 0.25) is 0 Å². The molecule has 0 N–H and O–H groups in total. The summed E-state index contributed by atoms with van der Waals surface area (Å²) in [5.41, 5.74) is 0. The second kappa shape index (κ2) is 17.6. The maximum absolute atomic E-state index is 0. The minimum Gasteiger partial charge on any atom is 0 e. The minimum absolute atomic E-state index is 0. The average molecular weight is 386 g/mol. The van der Waals surface area contributed by atoms with Gasteiger partial charge in [-0.3, -0.25) is 0 Å². The Morgan fingerprint density at radius 3 is 1.00 bits per heavy atom. The van der Waals surface area contributed by atoms with Crippen LogP contribution in [0.2, 0.25) is 0 Å². The zero-order chi connectivity index (χ0) is 0. The molecule has 26 valence electrons. The topological polar surface area (TPSA) is 0 Å². The van der Waals surface area contributed by atoms with E-state index in [0.717, 1.165) is 0 Å². The first-order chi connectivity index (χ1) is 0. The van der Waals surface area contributed by atoms with Crippen LogP contribution in [0.3, 0.4) is 0 Å². The molecule has 0 aliphatic heterocycles. The molecule has 4 heavy (non-hydrogen) atoms. The van der Waals surface area contributed by atoms with Crippen LogP contribution in [0.1, 0.15) is 0 Å². The Hall–Kier alpha value is 2.58. The third kappa shape index (κ3) is 8.82. The molecule has 0 spiro atoms. The van der Waals surface area contributed by atoms with E-state index in [-0.39, 0.29) is 80.3 Å². The monoisotopic (exact) mass is 388 g/mol. The van der Waals surface area contributed by atoms with E-state index >= 15 is 0 Å². The van der Waals surface area contributed by atoms with Crippen molar-refractivity contribution in [3.63, 3.8) is 0 Å². The molecule has 0 aromatic rings. The summed E-state index contributed by atoms with van der Waals surface area (Å²) in [6.07, 6.45) is 0. The van der Waals surface area contributed by atoms with E-state index in [0.29, 0.717) is 0 Å². The SMILES string of the molecule is [Mo].[Ni].[Ti].[W]. The fourth-order valence-electron chi connectivity index (χ4n) is 0. The summed E-state index contributed by atoms with van der Waals surface area (Å²) in [4.78, 5) is 0. The van der Waals surface area contributed by atoms with E-state index in [4.69, 9.17) is 0 Å². The fraction of sp³-hybridized carbons (Fsp3) is 0. The molecule has 0 nitrogen and oxygen atoms in total. The van der Waals surface area contributed by atoms with E-state index in [2.05, 4.69) is 0 Å². The maximum Gasteiger partial charge on any atom is 0 e. The van der Waals surface area contributed by atoms with Gasteiger partial charge in [0.05, 0.1) is 0 Å². The van der Waals surface area contributed by atoms with Gasteiger partial charge in [-0.05, 0) is 0 Å². The van der Waals surface area contributed by atoms with Crippen molar-refractivity contribution in [1.82, 2.24) is 0 Å². The Bertz CT molecular complexity index is 8.00. The molecule has 4 heteroatoms. The van der Waals surface area contributed by atoms with Gasteiger partial charge >= 0.3 is 0 Å². The van der Waals surface area contributed by atoms with E-state index in [9.17, 15) is 0 Å². The van der Waals surface area contributed by atoms with Gasteiger partial charge in [0.25, 0.3) is 0 Å². The summed E-state index contributed by atoms with van der Waals surface area (Å²) < 4.78 is 0. The molecular weight excluding hydrogens is 386 g/mol. The molecule has 0 bridgehead atoms. The van der Waals surface area contributed by atoms with Crippen LogP contribution in [-0.4, -0.2) is 0 Å². The summed E-state index contributed by atoms with van der Waals surface area (Å²) in [7, 11) is 0. The number of hydrogen-bond donors (Lipinski definition) is 0. The average Bonchev–Trinajstić information content (AvgIpc) is 0. The molecule has 0 fully saturated rings. The van der Waals surface area contributed by atoms with Gasteiger partial charge in [0.1, 0.15) is 0 Å². The van der Waals surface area contributed by atoms with Crippen LogP contribution in [0.25, 0.3) is 0 Å². The molecule has 0 unspecified atom stereocenters. The zero-order valence-corrected chi connectivity index (χ0v) is 9.12. The van der Waals surface area contributed by atoms with Crippen molar-refractivity contribution in [2.24, 2.45) is 0 Å². The predicted octanol–water partition coefficient (Wildman–Crippen LogP) is -0.0100. The van der Waals surface area contributed by atoms with Crippen LogP contribution >= 0.6 is 0 Å². The normalized spacial score (nSPS) is 0. The van der Waals surface area contributed by atoms with Crippen LogP contribution in [0, 0.1) is 0 Å². The van der Waals surface area contributed by atoms with Crippen molar-refractivity contribution in [3.05, 3.63) is 0 Å². The zero-order valence-electron chi connectivity index (χ0n) is 1.63. The van der Waals surface area contributed by atoms with E-state index in [1.54, 1.807) is 0 Å². The van der Waals surface area contributed by atoms with Gasteiger partial charge in [-0.25, -0.2) is 0 Å². The fourth-order valence-corrected chi connectivity index (χ4v) is 0. The molecular formula is MoNiTiW. The molecule has 0 saturated carbocycles. The quantitative estimate of drug-likeness (QED) is 0.514. The first-order valence-electron chi connectivity index (χ1n) is 0. The van der Waals surface area contributed by atoms with Gasteiger partial charge in [-0.2, -0.15) is 0 Å². The third-order valence-electron chi connectivity index (χ3n) is 0. The van der Waals surface area contributed by atoms with E-state index in [1.807, 2.05) is 0 Å². The van der Waals surface area contributed by atoms with Crippen molar-refractivity contribution in [2.75, 3.05) is 0 Å². The smallest absolute Gasteiger partial charge is 0 e. The molecule has 0 radical (unpaired) electrons. The van der Waals surface area contributed by atoms with Crippen molar-refractivity contribution in [1.29, 1.82) is 0 Å². The van der Waals surface area contributed by atoms with Crippen molar-refractivity contribution in [3.8, 4) is 0 Å². The van der Waals surface area contributed by atoms with Crippen LogP contribution in [-0.2, 0) is 80.3 Å². The van der Waals surface area contributed by atoms with Gasteiger partial charge < -0.3 is 0 Å². The molecule has 0 saturated heterocycles. The number of rotatable bonds is 0. The summed E-state index contributed by atoms with van der Waals surface area (Å²) in [5.74, 6) is 0. The molecule has 0 aliphatic rings. The molecule has 0 amide bonds. The number of hydrogen-bond acceptors (Lipinski definition) is 0. The van der Waals surface area contributed by atoms with E-state index in [1.165, 1.54) is 0 Å². The van der Waals surface area contributed by atoms with Crippen LogP contribution in [0.4, 0.5) is 0 Å². The molecule has 0 aromatic heterocycles. The van der Waals surface area contributed by atoms with Crippen molar-refractivity contribution < 1.29 is 80.3 Å². The predicted molar refractivity (Wildman–Crippen MR) is 0 cm³/mol. The maximum atomic E-state index is 0. The standard InChI is InChI=1S/Mo.Ni.Ti.W. The van der Waals surface area contributed by atoms with Gasteiger partial charge in [0.15, 0.2) is 0 Å². The summed E-state index contributed by atoms with van der Waals surface area (Å²) in [6.45, 7) is 0. The third-order valence-corrected chi connectivity index (χ3v) is 0. The second-order valence-corrected chi connectivity index (χ2v) is 0. The molecule has 0 aliphatic carbocycles. The van der Waals surface area contributed by atoms with Crippen LogP contribution in [0.5, 0.6) is 0 Å². The van der Waals surface area contributed by atoms with Gasteiger partial charge in [0, 0.05) is 80.3 Å². The molecule has 0 heterocycles.